The molecule has 140 valence electrons. The molecule has 1 aliphatic rings. The van der Waals surface area contributed by atoms with E-state index in [-0.39, 0.29) is 5.56 Å². The fourth-order valence-corrected chi connectivity index (χ4v) is 4.82. The minimum atomic E-state index is -0.0552. The van der Waals surface area contributed by atoms with E-state index in [9.17, 15) is 4.79 Å². The van der Waals surface area contributed by atoms with Gasteiger partial charge in [-0.1, -0.05) is 19.1 Å². The SMILES string of the molecule is C=CCOc1ccc(-c2nc3sc4c(c3c(=O)[nH]2)CCCCC4)cc1OC. The minimum absolute atomic E-state index is 0.0552. The van der Waals surface area contributed by atoms with Gasteiger partial charge in [0.1, 0.15) is 17.3 Å². The Morgan fingerprint density at radius 3 is 2.93 bits per heavy atom. The molecule has 1 aliphatic carbocycles. The summed E-state index contributed by atoms with van der Waals surface area (Å²) in [5, 5.41) is 0.776. The molecule has 0 amide bonds. The molecule has 0 saturated carbocycles. The van der Waals surface area contributed by atoms with Crippen LogP contribution in [0.2, 0.25) is 0 Å². The second-order valence-electron chi connectivity index (χ2n) is 6.62. The Morgan fingerprint density at radius 2 is 2.11 bits per heavy atom. The summed E-state index contributed by atoms with van der Waals surface area (Å²) in [7, 11) is 1.59. The third-order valence-electron chi connectivity index (χ3n) is 4.87. The zero-order chi connectivity index (χ0) is 18.8. The lowest BCUT2D eigenvalue weighted by molar-refractivity contribution is 0.326. The second-order valence-corrected chi connectivity index (χ2v) is 7.71. The standard InChI is InChI=1S/C21H22N2O3S/c1-3-11-26-15-10-9-13(12-16(15)25-2)19-22-20(24)18-14-7-5-4-6-8-17(14)27-21(18)23-19/h3,9-10,12H,1,4-8,11H2,2H3,(H,22,23,24). The number of hydrogen-bond donors (Lipinski definition) is 1. The highest BCUT2D eigenvalue weighted by Gasteiger charge is 2.19. The van der Waals surface area contributed by atoms with Crippen molar-refractivity contribution in [3.8, 4) is 22.9 Å². The number of benzene rings is 1. The van der Waals surface area contributed by atoms with Gasteiger partial charge >= 0.3 is 0 Å². The van der Waals surface area contributed by atoms with E-state index in [1.165, 1.54) is 23.3 Å². The summed E-state index contributed by atoms with van der Waals surface area (Å²) in [6, 6.07) is 5.54. The van der Waals surface area contributed by atoms with Crippen LogP contribution in [0.25, 0.3) is 21.6 Å². The van der Waals surface area contributed by atoms with Gasteiger partial charge in [0.15, 0.2) is 11.5 Å². The van der Waals surface area contributed by atoms with Crippen molar-refractivity contribution in [3.63, 3.8) is 0 Å². The summed E-state index contributed by atoms with van der Waals surface area (Å²) < 4.78 is 11.0. The fraction of sp³-hybridized carbons (Fsp3) is 0.333. The van der Waals surface area contributed by atoms with Gasteiger partial charge in [-0.05, 0) is 49.4 Å². The average molecular weight is 382 g/mol. The monoisotopic (exact) mass is 382 g/mol. The van der Waals surface area contributed by atoms with Gasteiger partial charge in [-0.25, -0.2) is 4.98 Å². The van der Waals surface area contributed by atoms with Crippen molar-refractivity contribution in [2.75, 3.05) is 13.7 Å². The molecule has 0 saturated heterocycles. The summed E-state index contributed by atoms with van der Waals surface area (Å²) in [4.78, 5) is 22.7. The predicted molar refractivity (Wildman–Crippen MR) is 109 cm³/mol. The molecule has 2 heterocycles. The van der Waals surface area contributed by atoms with Crippen LogP contribution >= 0.6 is 11.3 Å². The van der Waals surface area contributed by atoms with Gasteiger partial charge in [0, 0.05) is 10.4 Å². The largest absolute Gasteiger partial charge is 0.493 e. The van der Waals surface area contributed by atoms with Gasteiger partial charge in [-0.3, -0.25) is 4.79 Å². The van der Waals surface area contributed by atoms with Crippen LogP contribution < -0.4 is 15.0 Å². The van der Waals surface area contributed by atoms with Crippen molar-refractivity contribution in [1.82, 2.24) is 9.97 Å². The van der Waals surface area contributed by atoms with Gasteiger partial charge < -0.3 is 14.5 Å². The first-order chi connectivity index (χ1) is 13.2. The van der Waals surface area contributed by atoms with Crippen LogP contribution in [0.4, 0.5) is 0 Å². The summed E-state index contributed by atoms with van der Waals surface area (Å²) in [6.07, 6.45) is 7.27. The Labute approximate surface area is 161 Å². The first-order valence-corrected chi connectivity index (χ1v) is 9.99. The van der Waals surface area contributed by atoms with Crippen molar-refractivity contribution >= 4 is 21.6 Å². The third kappa shape index (κ3) is 3.37. The molecule has 5 nitrogen and oxygen atoms in total. The molecule has 0 unspecified atom stereocenters. The summed E-state index contributed by atoms with van der Waals surface area (Å²) in [5.41, 5.74) is 1.94. The van der Waals surface area contributed by atoms with Crippen LogP contribution in [-0.2, 0) is 12.8 Å². The molecule has 0 spiro atoms. The predicted octanol–water partition coefficient (Wildman–Crippen LogP) is 4.49. The number of aryl methyl sites for hydroxylation is 2. The van der Waals surface area contributed by atoms with Crippen LogP contribution in [0.15, 0.2) is 35.6 Å². The van der Waals surface area contributed by atoms with Gasteiger partial charge in [0.25, 0.3) is 5.56 Å². The van der Waals surface area contributed by atoms with E-state index in [1.54, 1.807) is 24.5 Å². The van der Waals surface area contributed by atoms with E-state index >= 15 is 0 Å². The lowest BCUT2D eigenvalue weighted by atomic mass is 10.1. The zero-order valence-electron chi connectivity index (χ0n) is 15.3. The average Bonchev–Trinajstić information content (AvgIpc) is 2.88. The fourth-order valence-electron chi connectivity index (χ4n) is 3.56. The van der Waals surface area contributed by atoms with Crippen molar-refractivity contribution in [2.45, 2.75) is 32.1 Å². The van der Waals surface area contributed by atoms with Crippen molar-refractivity contribution in [3.05, 3.63) is 51.6 Å². The van der Waals surface area contributed by atoms with E-state index in [0.29, 0.717) is 23.9 Å². The van der Waals surface area contributed by atoms with Gasteiger partial charge in [-0.2, -0.15) is 0 Å². The highest BCUT2D eigenvalue weighted by atomic mass is 32.1. The molecule has 6 heteroatoms. The first kappa shape index (κ1) is 17.8. The Bertz CT molecular complexity index is 1050. The maximum absolute atomic E-state index is 12.8. The molecule has 3 aromatic rings. The molecular weight excluding hydrogens is 360 g/mol. The summed E-state index contributed by atoms with van der Waals surface area (Å²) in [5.74, 6) is 1.78. The highest BCUT2D eigenvalue weighted by molar-refractivity contribution is 7.18. The van der Waals surface area contributed by atoms with E-state index in [0.717, 1.165) is 35.0 Å². The maximum Gasteiger partial charge on any atom is 0.260 e. The Hall–Kier alpha value is -2.60. The van der Waals surface area contributed by atoms with Crippen molar-refractivity contribution in [1.29, 1.82) is 0 Å². The highest BCUT2D eigenvalue weighted by Crippen LogP contribution is 2.35. The number of nitrogens with zero attached hydrogens (tertiary/aromatic N) is 1. The summed E-state index contributed by atoms with van der Waals surface area (Å²) >= 11 is 1.66. The lowest BCUT2D eigenvalue weighted by Gasteiger charge is -2.11. The Balaban J connectivity index is 1.78. The number of nitrogens with one attached hydrogen (secondary N) is 1. The van der Waals surface area contributed by atoms with Crippen molar-refractivity contribution < 1.29 is 9.47 Å². The van der Waals surface area contributed by atoms with Gasteiger partial charge in [-0.15, -0.1) is 11.3 Å². The quantitative estimate of drug-likeness (QED) is 0.521. The lowest BCUT2D eigenvalue weighted by Crippen LogP contribution is -2.10. The minimum Gasteiger partial charge on any atom is -0.493 e. The molecule has 4 rings (SSSR count). The second kappa shape index (κ2) is 7.56. The number of thiophene rings is 1. The van der Waals surface area contributed by atoms with Crippen LogP contribution in [-0.4, -0.2) is 23.7 Å². The maximum atomic E-state index is 12.8. The third-order valence-corrected chi connectivity index (χ3v) is 6.05. The molecule has 27 heavy (non-hydrogen) atoms. The van der Waals surface area contributed by atoms with Crippen LogP contribution in [0.3, 0.4) is 0 Å². The first-order valence-electron chi connectivity index (χ1n) is 9.18. The molecule has 0 radical (unpaired) electrons. The summed E-state index contributed by atoms with van der Waals surface area (Å²) in [6.45, 7) is 4.05. The molecule has 2 aromatic heterocycles. The van der Waals surface area contributed by atoms with E-state index in [4.69, 9.17) is 14.5 Å². The Morgan fingerprint density at radius 1 is 1.26 bits per heavy atom. The number of fused-ring (bicyclic) bond motifs is 3. The molecule has 0 aliphatic heterocycles. The topological polar surface area (TPSA) is 64.2 Å². The number of aromatic amines is 1. The molecule has 0 atom stereocenters. The molecule has 1 aromatic carbocycles. The van der Waals surface area contributed by atoms with Crippen molar-refractivity contribution in [2.24, 2.45) is 0 Å². The molecule has 0 fully saturated rings. The van der Waals surface area contributed by atoms with E-state index < -0.39 is 0 Å². The number of ether oxygens (including phenoxy) is 2. The van der Waals surface area contributed by atoms with E-state index in [1.807, 2.05) is 18.2 Å². The number of H-pyrrole nitrogens is 1. The van der Waals surface area contributed by atoms with Crippen LogP contribution in [0.1, 0.15) is 29.7 Å². The molecular formula is C21H22N2O3S. The normalized spacial score (nSPS) is 13.8. The zero-order valence-corrected chi connectivity index (χ0v) is 16.2. The van der Waals surface area contributed by atoms with Crippen LogP contribution in [0.5, 0.6) is 11.5 Å². The van der Waals surface area contributed by atoms with E-state index in [2.05, 4.69) is 11.6 Å². The van der Waals surface area contributed by atoms with Gasteiger partial charge in [0.2, 0.25) is 0 Å². The number of aromatic nitrogens is 2. The molecule has 0 bridgehead atoms. The Kier molecular flexibility index (Phi) is 4.99. The number of rotatable bonds is 5. The number of methoxy groups -OCH3 is 1. The van der Waals surface area contributed by atoms with Gasteiger partial charge in [0.05, 0.1) is 12.5 Å². The molecule has 1 N–H and O–H groups in total. The van der Waals surface area contributed by atoms with Crippen LogP contribution in [0, 0.1) is 0 Å². The number of hydrogen-bond acceptors (Lipinski definition) is 5. The smallest absolute Gasteiger partial charge is 0.260 e.